The molecular weight excluding hydrogens is 454 g/mol. The number of carbonyl (C=O) groups is 2. The van der Waals surface area contributed by atoms with Gasteiger partial charge in [0.05, 0.1) is 12.7 Å². The standard InChI is InChI=1S/C21H21N3O6S2/c1-12-7-3-4-8-13(12)18-23-24-21(30-18)32(27,28)11-16(25)22-19-17(20(26)29-2)14-9-5-6-10-15(14)31-19/h3-4,7-8H,5-6,9-11H2,1-2H3,(H,22,25). The molecule has 1 aromatic carbocycles. The Bertz CT molecular complexity index is 1290. The number of sulfone groups is 1. The summed E-state index contributed by atoms with van der Waals surface area (Å²) in [5, 5.41) is 9.66. The molecule has 1 amide bonds. The lowest BCUT2D eigenvalue weighted by Crippen LogP contribution is -2.24. The fourth-order valence-corrected chi connectivity index (χ4v) is 5.83. The molecule has 2 aromatic heterocycles. The molecule has 0 aliphatic heterocycles. The lowest BCUT2D eigenvalue weighted by Gasteiger charge is -2.11. The minimum absolute atomic E-state index is 0.0565. The van der Waals surface area contributed by atoms with Crippen LogP contribution in [0.1, 0.15) is 39.2 Å². The summed E-state index contributed by atoms with van der Waals surface area (Å²) in [4.78, 5) is 25.9. The number of methoxy groups -OCH3 is 1. The predicted octanol–water partition coefficient (Wildman–Crippen LogP) is 3.18. The first-order valence-electron chi connectivity index (χ1n) is 9.95. The highest BCUT2D eigenvalue weighted by atomic mass is 32.2. The zero-order valence-electron chi connectivity index (χ0n) is 17.5. The summed E-state index contributed by atoms with van der Waals surface area (Å²) in [5.41, 5.74) is 2.62. The third-order valence-corrected chi connectivity index (χ3v) is 7.73. The van der Waals surface area contributed by atoms with Gasteiger partial charge >= 0.3 is 11.2 Å². The lowest BCUT2D eigenvalue weighted by atomic mass is 9.95. The van der Waals surface area contributed by atoms with E-state index in [0.717, 1.165) is 35.3 Å². The first-order chi connectivity index (χ1) is 15.3. The summed E-state index contributed by atoms with van der Waals surface area (Å²) in [5.74, 6) is -2.20. The number of carbonyl (C=O) groups excluding carboxylic acids is 2. The summed E-state index contributed by atoms with van der Waals surface area (Å²) in [6.45, 7) is 1.83. The molecule has 0 atom stereocenters. The maximum absolute atomic E-state index is 12.7. The number of rotatable bonds is 6. The smallest absolute Gasteiger partial charge is 0.341 e. The van der Waals surface area contributed by atoms with Gasteiger partial charge in [0.2, 0.25) is 21.6 Å². The van der Waals surface area contributed by atoms with Crippen molar-refractivity contribution < 1.29 is 27.2 Å². The number of aromatic nitrogens is 2. The topological polar surface area (TPSA) is 128 Å². The normalized spacial score (nSPS) is 13.4. The minimum Gasteiger partial charge on any atom is -0.465 e. The van der Waals surface area contributed by atoms with Crippen molar-refractivity contribution in [2.24, 2.45) is 0 Å². The highest BCUT2D eigenvalue weighted by Crippen LogP contribution is 2.38. The second-order valence-electron chi connectivity index (χ2n) is 7.40. The molecule has 2 heterocycles. The molecule has 0 saturated carbocycles. The van der Waals surface area contributed by atoms with Crippen LogP contribution in [0.25, 0.3) is 11.5 Å². The second-order valence-corrected chi connectivity index (χ2v) is 10.4. The van der Waals surface area contributed by atoms with Crippen LogP contribution in [-0.2, 0) is 32.2 Å². The number of anilines is 1. The largest absolute Gasteiger partial charge is 0.465 e. The second kappa shape index (κ2) is 8.83. The Kier molecular flexibility index (Phi) is 6.11. The summed E-state index contributed by atoms with van der Waals surface area (Å²) < 4.78 is 35.6. The first-order valence-corrected chi connectivity index (χ1v) is 12.4. The highest BCUT2D eigenvalue weighted by Gasteiger charge is 2.30. The molecule has 0 spiro atoms. The average molecular weight is 476 g/mol. The van der Waals surface area contributed by atoms with Crippen molar-refractivity contribution in [3.05, 3.63) is 45.8 Å². The molecule has 1 aliphatic rings. The van der Waals surface area contributed by atoms with Crippen LogP contribution in [0, 0.1) is 6.92 Å². The third-order valence-electron chi connectivity index (χ3n) is 5.18. The Morgan fingerprint density at radius 1 is 1.19 bits per heavy atom. The van der Waals surface area contributed by atoms with E-state index in [0.29, 0.717) is 22.5 Å². The number of thiophene rings is 1. The van der Waals surface area contributed by atoms with Gasteiger partial charge in [-0.3, -0.25) is 4.79 Å². The van der Waals surface area contributed by atoms with E-state index in [-0.39, 0.29) is 5.89 Å². The van der Waals surface area contributed by atoms with Crippen LogP contribution in [0.2, 0.25) is 0 Å². The number of esters is 1. The van der Waals surface area contributed by atoms with E-state index < -0.39 is 32.7 Å². The number of nitrogens with zero attached hydrogens (tertiary/aromatic N) is 2. The molecule has 168 valence electrons. The van der Waals surface area contributed by atoms with Crippen molar-refractivity contribution in [1.82, 2.24) is 10.2 Å². The van der Waals surface area contributed by atoms with Gasteiger partial charge in [0, 0.05) is 10.4 Å². The van der Waals surface area contributed by atoms with Gasteiger partial charge in [0.15, 0.2) is 0 Å². The molecule has 1 N–H and O–H groups in total. The fourth-order valence-electron chi connectivity index (χ4n) is 3.63. The van der Waals surface area contributed by atoms with Crippen molar-refractivity contribution >= 4 is 38.1 Å². The van der Waals surface area contributed by atoms with E-state index in [2.05, 4.69) is 15.5 Å². The zero-order valence-corrected chi connectivity index (χ0v) is 19.1. The van der Waals surface area contributed by atoms with Crippen LogP contribution in [-0.4, -0.2) is 43.4 Å². The van der Waals surface area contributed by atoms with Crippen LogP contribution in [0.4, 0.5) is 5.00 Å². The summed E-state index contributed by atoms with van der Waals surface area (Å²) in [6, 6.07) is 7.18. The molecule has 0 radical (unpaired) electrons. The maximum atomic E-state index is 12.7. The highest BCUT2D eigenvalue weighted by molar-refractivity contribution is 7.91. The summed E-state index contributed by atoms with van der Waals surface area (Å²) in [6.07, 6.45) is 3.46. The molecular formula is C21H21N3O6S2. The van der Waals surface area contributed by atoms with Crippen molar-refractivity contribution in [2.75, 3.05) is 18.2 Å². The monoisotopic (exact) mass is 475 g/mol. The summed E-state index contributed by atoms with van der Waals surface area (Å²) in [7, 11) is -2.91. The zero-order chi connectivity index (χ0) is 22.9. The average Bonchev–Trinajstić information content (AvgIpc) is 3.38. The number of benzene rings is 1. The van der Waals surface area contributed by atoms with Gasteiger partial charge in [-0.15, -0.1) is 16.4 Å². The van der Waals surface area contributed by atoms with Crippen LogP contribution < -0.4 is 5.32 Å². The molecule has 0 saturated heterocycles. The first kappa shape index (κ1) is 22.2. The molecule has 32 heavy (non-hydrogen) atoms. The van der Waals surface area contributed by atoms with E-state index >= 15 is 0 Å². The number of amides is 1. The number of fused-ring (bicyclic) bond motifs is 1. The van der Waals surface area contributed by atoms with Gasteiger partial charge < -0.3 is 14.5 Å². The Balaban J connectivity index is 1.54. The summed E-state index contributed by atoms with van der Waals surface area (Å²) >= 11 is 1.28. The molecule has 0 bridgehead atoms. The molecule has 0 fully saturated rings. The molecule has 0 unspecified atom stereocenters. The fraction of sp³-hybridized carbons (Fsp3) is 0.333. The molecule has 1 aliphatic carbocycles. The van der Waals surface area contributed by atoms with Gasteiger partial charge in [-0.1, -0.05) is 23.3 Å². The van der Waals surface area contributed by atoms with Gasteiger partial charge in [-0.25, -0.2) is 13.2 Å². The van der Waals surface area contributed by atoms with E-state index in [1.807, 2.05) is 19.1 Å². The van der Waals surface area contributed by atoms with Gasteiger partial charge in [0.1, 0.15) is 10.8 Å². The Labute approximate surface area is 188 Å². The van der Waals surface area contributed by atoms with Crippen LogP contribution >= 0.6 is 11.3 Å². The van der Waals surface area contributed by atoms with Crippen molar-refractivity contribution in [1.29, 1.82) is 0 Å². The third kappa shape index (κ3) is 4.30. The number of aryl methyl sites for hydroxylation is 2. The van der Waals surface area contributed by atoms with Gasteiger partial charge in [-0.2, -0.15) is 0 Å². The van der Waals surface area contributed by atoms with Crippen molar-refractivity contribution in [3.8, 4) is 11.5 Å². The van der Waals surface area contributed by atoms with E-state index in [1.54, 1.807) is 12.1 Å². The quantitative estimate of drug-likeness (QED) is 0.538. The van der Waals surface area contributed by atoms with Crippen LogP contribution in [0.5, 0.6) is 0 Å². The lowest BCUT2D eigenvalue weighted by molar-refractivity contribution is -0.113. The Hall–Kier alpha value is -3.05. The van der Waals surface area contributed by atoms with E-state index in [1.165, 1.54) is 18.4 Å². The van der Waals surface area contributed by atoms with Crippen molar-refractivity contribution in [2.45, 2.75) is 37.8 Å². The molecule has 3 aromatic rings. The number of hydrogen-bond acceptors (Lipinski definition) is 9. The van der Waals surface area contributed by atoms with Gasteiger partial charge in [-0.05, 0) is 49.8 Å². The SMILES string of the molecule is COC(=O)c1c(NC(=O)CS(=O)(=O)c2nnc(-c3ccccc3C)o2)sc2c1CCCC2. The molecule has 11 heteroatoms. The number of ether oxygens (including phenoxy) is 1. The predicted molar refractivity (Wildman–Crippen MR) is 117 cm³/mol. The van der Waals surface area contributed by atoms with E-state index in [4.69, 9.17) is 9.15 Å². The molecule has 4 rings (SSSR count). The Morgan fingerprint density at radius 2 is 1.94 bits per heavy atom. The number of hydrogen-bond donors (Lipinski definition) is 1. The Morgan fingerprint density at radius 3 is 2.69 bits per heavy atom. The van der Waals surface area contributed by atoms with Crippen molar-refractivity contribution in [3.63, 3.8) is 0 Å². The van der Waals surface area contributed by atoms with Crippen LogP contribution in [0.15, 0.2) is 33.9 Å². The minimum atomic E-state index is -4.18. The molecule has 9 nitrogen and oxygen atoms in total. The number of nitrogens with one attached hydrogen (secondary N) is 1. The maximum Gasteiger partial charge on any atom is 0.341 e. The van der Waals surface area contributed by atoms with Crippen LogP contribution in [0.3, 0.4) is 0 Å². The van der Waals surface area contributed by atoms with E-state index in [9.17, 15) is 18.0 Å². The van der Waals surface area contributed by atoms with Gasteiger partial charge in [0.25, 0.3) is 0 Å².